The van der Waals surface area contributed by atoms with E-state index < -0.39 is 48.2 Å². The van der Waals surface area contributed by atoms with Crippen molar-refractivity contribution in [3.05, 3.63) is 32.6 Å². The number of H-pyrrole nitrogens is 1. The Kier molecular flexibility index (Phi) is 3.99. The summed E-state index contributed by atoms with van der Waals surface area (Å²) in [5, 5.41) is 28.4. The maximum atomic E-state index is 11.8. The van der Waals surface area contributed by atoms with Crippen molar-refractivity contribution in [2.24, 2.45) is 0 Å². The zero-order chi connectivity index (χ0) is 15.8. The molecular weight excluding hydrogens is 284 g/mol. The maximum Gasteiger partial charge on any atom is 0.330 e. The molecule has 0 aromatic carbocycles. The highest BCUT2D eigenvalue weighted by Crippen LogP contribution is 2.38. The van der Waals surface area contributed by atoms with Crippen molar-refractivity contribution in [2.75, 3.05) is 6.61 Å². The Labute approximate surface area is 118 Å². The van der Waals surface area contributed by atoms with Gasteiger partial charge in [-0.3, -0.25) is 19.1 Å². The van der Waals surface area contributed by atoms with Gasteiger partial charge < -0.3 is 20.1 Å². The molecule has 1 aliphatic rings. The number of aromatic nitrogens is 2. The van der Waals surface area contributed by atoms with Crippen LogP contribution in [0.4, 0.5) is 0 Å². The SMILES string of the molecule is Cc1cn([C@H]2C[C@@](O)(CC(=O)O)[C@@H](CO)O2)c(=O)[nH]c1=O. The van der Waals surface area contributed by atoms with Gasteiger partial charge in [-0.15, -0.1) is 0 Å². The summed E-state index contributed by atoms with van der Waals surface area (Å²) in [7, 11) is 0. The highest BCUT2D eigenvalue weighted by atomic mass is 16.5. The van der Waals surface area contributed by atoms with Crippen LogP contribution in [0.25, 0.3) is 0 Å². The van der Waals surface area contributed by atoms with Gasteiger partial charge in [-0.1, -0.05) is 0 Å². The standard InChI is InChI=1S/C12H16N2O7/c1-6-4-14(11(19)13-10(6)18)8-2-12(20,3-9(16)17)7(5-15)21-8/h4,7-8,15,20H,2-3,5H2,1H3,(H,16,17)(H,13,18,19)/t7-,8-,12-/m1/s1. The number of carbonyl (C=O) groups is 1. The van der Waals surface area contributed by atoms with Crippen LogP contribution in [0.3, 0.4) is 0 Å². The smallest absolute Gasteiger partial charge is 0.330 e. The predicted octanol–water partition coefficient (Wildman–Crippen LogP) is -1.67. The van der Waals surface area contributed by atoms with Crippen molar-refractivity contribution < 1.29 is 24.9 Å². The fraction of sp³-hybridized carbons (Fsp3) is 0.583. The molecule has 1 aromatic heterocycles. The number of ether oxygens (including phenoxy) is 1. The minimum absolute atomic E-state index is 0.185. The van der Waals surface area contributed by atoms with Crippen LogP contribution in [0, 0.1) is 6.92 Å². The number of aliphatic carboxylic acids is 1. The van der Waals surface area contributed by atoms with E-state index in [9.17, 15) is 24.6 Å². The van der Waals surface area contributed by atoms with Crippen LogP contribution in [0.1, 0.15) is 24.6 Å². The maximum absolute atomic E-state index is 11.8. The molecule has 1 saturated heterocycles. The van der Waals surface area contributed by atoms with Gasteiger partial charge in [0.2, 0.25) is 0 Å². The Morgan fingerprint density at radius 3 is 2.81 bits per heavy atom. The average Bonchev–Trinajstić information content (AvgIpc) is 2.69. The predicted molar refractivity (Wildman–Crippen MR) is 68.9 cm³/mol. The van der Waals surface area contributed by atoms with Crippen LogP contribution < -0.4 is 11.2 Å². The van der Waals surface area contributed by atoms with Crippen LogP contribution in [0.15, 0.2) is 15.8 Å². The molecule has 116 valence electrons. The van der Waals surface area contributed by atoms with Crippen molar-refractivity contribution in [2.45, 2.75) is 37.7 Å². The summed E-state index contributed by atoms with van der Waals surface area (Å²) < 4.78 is 6.44. The van der Waals surface area contributed by atoms with Crippen LogP contribution in [0.5, 0.6) is 0 Å². The number of aliphatic hydroxyl groups excluding tert-OH is 1. The summed E-state index contributed by atoms with van der Waals surface area (Å²) in [6.07, 6.45) is -1.62. The van der Waals surface area contributed by atoms with E-state index in [1.165, 1.54) is 13.1 Å². The number of carboxylic acids is 1. The van der Waals surface area contributed by atoms with Crippen LogP contribution in [-0.4, -0.2) is 49.2 Å². The van der Waals surface area contributed by atoms with Crippen LogP contribution in [-0.2, 0) is 9.53 Å². The molecule has 0 bridgehead atoms. The number of aryl methyl sites for hydroxylation is 1. The minimum Gasteiger partial charge on any atom is -0.481 e. The number of nitrogens with one attached hydrogen (secondary N) is 1. The van der Waals surface area contributed by atoms with Crippen molar-refractivity contribution in [1.29, 1.82) is 0 Å². The summed E-state index contributed by atoms with van der Waals surface area (Å²) in [5.41, 5.74) is -2.78. The van der Waals surface area contributed by atoms with E-state index in [2.05, 4.69) is 4.98 Å². The van der Waals surface area contributed by atoms with Gasteiger partial charge in [-0.05, 0) is 6.92 Å². The Morgan fingerprint density at radius 2 is 2.24 bits per heavy atom. The fourth-order valence-electron chi connectivity index (χ4n) is 2.42. The lowest BCUT2D eigenvalue weighted by Gasteiger charge is -2.24. The highest BCUT2D eigenvalue weighted by Gasteiger charge is 2.49. The van der Waals surface area contributed by atoms with Gasteiger partial charge in [0.1, 0.15) is 17.9 Å². The molecular formula is C12H16N2O7. The molecule has 9 heteroatoms. The largest absolute Gasteiger partial charge is 0.481 e. The number of aromatic amines is 1. The number of rotatable bonds is 4. The van der Waals surface area contributed by atoms with Crippen molar-refractivity contribution >= 4 is 5.97 Å². The Balaban J connectivity index is 2.36. The van der Waals surface area contributed by atoms with E-state index in [1.54, 1.807) is 0 Å². The van der Waals surface area contributed by atoms with Gasteiger partial charge in [-0.25, -0.2) is 4.79 Å². The first-order valence-corrected chi connectivity index (χ1v) is 6.29. The quantitative estimate of drug-likeness (QED) is 0.521. The molecule has 9 nitrogen and oxygen atoms in total. The fourth-order valence-corrected chi connectivity index (χ4v) is 2.42. The molecule has 1 aliphatic heterocycles. The molecule has 3 atom stereocenters. The van der Waals surface area contributed by atoms with Crippen LogP contribution >= 0.6 is 0 Å². The molecule has 0 amide bonds. The van der Waals surface area contributed by atoms with Crippen LogP contribution in [0.2, 0.25) is 0 Å². The molecule has 0 aliphatic carbocycles. The lowest BCUT2D eigenvalue weighted by molar-refractivity contribution is -0.146. The summed E-state index contributed by atoms with van der Waals surface area (Å²) in [5.74, 6) is -1.25. The molecule has 2 heterocycles. The van der Waals surface area contributed by atoms with Crippen molar-refractivity contribution in [3.8, 4) is 0 Å². The molecule has 0 unspecified atom stereocenters. The molecule has 0 spiro atoms. The Bertz CT molecular complexity index is 664. The van der Waals surface area contributed by atoms with E-state index in [1.807, 2.05) is 0 Å². The first-order chi connectivity index (χ1) is 9.76. The molecule has 21 heavy (non-hydrogen) atoms. The summed E-state index contributed by atoms with van der Waals surface area (Å²) in [6.45, 7) is 0.911. The normalized spacial score (nSPS) is 28.7. The van der Waals surface area contributed by atoms with Gasteiger partial charge in [0, 0.05) is 18.2 Å². The lowest BCUT2D eigenvalue weighted by atomic mass is 9.91. The molecule has 2 rings (SSSR count). The number of carboxylic acid groups (broad SMARTS) is 1. The first kappa shape index (κ1) is 15.4. The second-order valence-electron chi connectivity index (χ2n) is 5.12. The number of hydrogen-bond donors (Lipinski definition) is 4. The molecule has 1 aromatic rings. The summed E-state index contributed by atoms with van der Waals surface area (Å²) in [6, 6.07) is 0. The second-order valence-corrected chi connectivity index (χ2v) is 5.12. The van der Waals surface area contributed by atoms with E-state index in [0.29, 0.717) is 0 Å². The van der Waals surface area contributed by atoms with Crippen molar-refractivity contribution in [3.63, 3.8) is 0 Å². The third-order valence-corrected chi connectivity index (χ3v) is 3.53. The number of aliphatic hydroxyl groups is 2. The zero-order valence-corrected chi connectivity index (χ0v) is 11.3. The Hall–Kier alpha value is -1.97. The van der Waals surface area contributed by atoms with E-state index >= 15 is 0 Å². The molecule has 4 N–H and O–H groups in total. The Morgan fingerprint density at radius 1 is 1.57 bits per heavy atom. The summed E-state index contributed by atoms with van der Waals surface area (Å²) in [4.78, 5) is 36.0. The zero-order valence-electron chi connectivity index (χ0n) is 11.3. The first-order valence-electron chi connectivity index (χ1n) is 6.29. The van der Waals surface area contributed by atoms with Gasteiger partial charge in [0.15, 0.2) is 0 Å². The number of nitrogens with zero attached hydrogens (tertiary/aromatic N) is 1. The number of hydrogen-bond acceptors (Lipinski definition) is 6. The third kappa shape index (κ3) is 2.89. The minimum atomic E-state index is -1.78. The van der Waals surface area contributed by atoms with E-state index in [0.717, 1.165) is 4.57 Å². The molecule has 0 radical (unpaired) electrons. The van der Waals surface area contributed by atoms with E-state index in [4.69, 9.17) is 9.84 Å². The molecule has 1 fully saturated rings. The third-order valence-electron chi connectivity index (χ3n) is 3.53. The van der Waals surface area contributed by atoms with Gasteiger partial charge in [-0.2, -0.15) is 0 Å². The van der Waals surface area contributed by atoms with E-state index in [-0.39, 0.29) is 12.0 Å². The second kappa shape index (κ2) is 5.43. The van der Waals surface area contributed by atoms with Gasteiger partial charge in [0.05, 0.1) is 13.0 Å². The van der Waals surface area contributed by atoms with Crippen molar-refractivity contribution in [1.82, 2.24) is 9.55 Å². The molecule has 0 saturated carbocycles. The van der Waals surface area contributed by atoms with Gasteiger partial charge >= 0.3 is 11.7 Å². The average molecular weight is 300 g/mol. The lowest BCUT2D eigenvalue weighted by Crippen LogP contribution is -2.42. The highest BCUT2D eigenvalue weighted by molar-refractivity contribution is 5.68. The topological polar surface area (TPSA) is 142 Å². The monoisotopic (exact) mass is 300 g/mol. The summed E-state index contributed by atoms with van der Waals surface area (Å²) >= 11 is 0. The van der Waals surface area contributed by atoms with Gasteiger partial charge in [0.25, 0.3) is 5.56 Å².